The van der Waals surface area contributed by atoms with E-state index in [2.05, 4.69) is 36.1 Å². The van der Waals surface area contributed by atoms with Gasteiger partial charge in [-0.05, 0) is 30.5 Å². The van der Waals surface area contributed by atoms with E-state index in [9.17, 15) is 0 Å². The molecule has 2 nitrogen and oxygen atoms in total. The molecular formula is C16H24N2S. The molecule has 0 aliphatic carbocycles. The van der Waals surface area contributed by atoms with E-state index in [4.69, 9.17) is 5.73 Å². The minimum absolute atomic E-state index is 0.423. The number of benzene rings is 1. The molecule has 1 aromatic rings. The van der Waals surface area contributed by atoms with E-state index in [1.54, 1.807) is 5.56 Å². The van der Waals surface area contributed by atoms with Crippen LogP contribution in [-0.4, -0.2) is 36.3 Å². The molecule has 1 aromatic carbocycles. The van der Waals surface area contributed by atoms with Gasteiger partial charge in [-0.1, -0.05) is 31.5 Å². The van der Waals surface area contributed by atoms with Gasteiger partial charge in [0.25, 0.3) is 0 Å². The lowest BCUT2D eigenvalue weighted by atomic mass is 9.89. The van der Waals surface area contributed by atoms with Crippen molar-refractivity contribution in [2.45, 2.75) is 36.6 Å². The maximum absolute atomic E-state index is 6.21. The SMILES string of the molecule is CCC1CN(CC2CSc3ccccc32)CCC1N. The Labute approximate surface area is 120 Å². The molecule has 1 saturated heterocycles. The summed E-state index contributed by atoms with van der Waals surface area (Å²) in [4.78, 5) is 4.14. The predicted octanol–water partition coefficient (Wildman–Crippen LogP) is 2.94. The third-order valence-corrected chi connectivity index (χ3v) is 5.93. The van der Waals surface area contributed by atoms with Crippen LogP contribution in [0.2, 0.25) is 0 Å². The molecule has 104 valence electrons. The summed E-state index contributed by atoms with van der Waals surface area (Å²) in [6.07, 6.45) is 2.38. The lowest BCUT2D eigenvalue weighted by molar-refractivity contribution is 0.147. The van der Waals surface area contributed by atoms with E-state index >= 15 is 0 Å². The van der Waals surface area contributed by atoms with Gasteiger partial charge in [0.1, 0.15) is 0 Å². The Kier molecular flexibility index (Phi) is 4.15. The third kappa shape index (κ3) is 2.83. The van der Waals surface area contributed by atoms with Gasteiger partial charge >= 0.3 is 0 Å². The zero-order chi connectivity index (χ0) is 13.2. The van der Waals surface area contributed by atoms with E-state index in [-0.39, 0.29) is 0 Å². The zero-order valence-corrected chi connectivity index (χ0v) is 12.5. The van der Waals surface area contributed by atoms with Crippen LogP contribution in [0, 0.1) is 5.92 Å². The smallest absolute Gasteiger partial charge is 0.0108 e. The van der Waals surface area contributed by atoms with Gasteiger partial charge in [0.15, 0.2) is 0 Å². The highest BCUT2D eigenvalue weighted by Gasteiger charge is 2.29. The Balaban J connectivity index is 1.64. The molecule has 3 unspecified atom stereocenters. The van der Waals surface area contributed by atoms with Crippen molar-refractivity contribution >= 4 is 11.8 Å². The maximum Gasteiger partial charge on any atom is 0.0108 e. The van der Waals surface area contributed by atoms with Gasteiger partial charge in [-0.2, -0.15) is 0 Å². The fraction of sp³-hybridized carbons (Fsp3) is 0.625. The summed E-state index contributed by atoms with van der Waals surface area (Å²) in [5.74, 6) is 2.66. The summed E-state index contributed by atoms with van der Waals surface area (Å²) in [5, 5.41) is 0. The van der Waals surface area contributed by atoms with Crippen LogP contribution < -0.4 is 5.73 Å². The average molecular weight is 276 g/mol. The average Bonchev–Trinajstić information content (AvgIpc) is 2.84. The van der Waals surface area contributed by atoms with E-state index < -0.39 is 0 Å². The Bertz CT molecular complexity index is 435. The molecule has 2 N–H and O–H groups in total. The summed E-state index contributed by atoms with van der Waals surface area (Å²) in [6.45, 7) is 5.87. The fourth-order valence-corrected chi connectivity index (χ4v) is 4.66. The summed E-state index contributed by atoms with van der Waals surface area (Å²) in [7, 11) is 0. The van der Waals surface area contributed by atoms with Crippen LogP contribution in [0.25, 0.3) is 0 Å². The van der Waals surface area contributed by atoms with E-state index in [1.807, 2.05) is 11.8 Å². The topological polar surface area (TPSA) is 29.3 Å². The van der Waals surface area contributed by atoms with E-state index in [0.29, 0.717) is 17.9 Å². The van der Waals surface area contributed by atoms with Gasteiger partial charge in [0.05, 0.1) is 0 Å². The first kappa shape index (κ1) is 13.5. The standard InChI is InChI=1S/C16H24N2S/c1-2-12-9-18(8-7-15(12)17)10-13-11-19-16-6-4-3-5-14(13)16/h3-6,12-13,15H,2,7-11,17H2,1H3. The number of fused-ring (bicyclic) bond motifs is 1. The highest BCUT2D eigenvalue weighted by atomic mass is 32.2. The van der Waals surface area contributed by atoms with Crippen molar-refractivity contribution in [1.82, 2.24) is 4.90 Å². The van der Waals surface area contributed by atoms with Crippen LogP contribution in [-0.2, 0) is 0 Å². The molecule has 2 aliphatic rings. The van der Waals surface area contributed by atoms with Gasteiger partial charge < -0.3 is 10.6 Å². The van der Waals surface area contributed by atoms with Gasteiger partial charge in [-0.3, -0.25) is 0 Å². The number of hydrogen-bond acceptors (Lipinski definition) is 3. The molecule has 0 aromatic heterocycles. The Morgan fingerprint density at radius 2 is 2.21 bits per heavy atom. The van der Waals surface area contributed by atoms with Crippen LogP contribution in [0.4, 0.5) is 0 Å². The molecule has 1 fully saturated rings. The summed E-state index contributed by atoms with van der Waals surface area (Å²) < 4.78 is 0. The first-order valence-corrected chi connectivity index (χ1v) is 8.46. The highest BCUT2D eigenvalue weighted by Crippen LogP contribution is 2.40. The van der Waals surface area contributed by atoms with Gasteiger partial charge in [0.2, 0.25) is 0 Å². The molecule has 19 heavy (non-hydrogen) atoms. The number of hydrogen-bond donors (Lipinski definition) is 1. The maximum atomic E-state index is 6.21. The van der Waals surface area contributed by atoms with Crippen molar-refractivity contribution in [2.75, 3.05) is 25.4 Å². The summed E-state index contributed by atoms with van der Waals surface area (Å²) >= 11 is 2.02. The first-order valence-electron chi connectivity index (χ1n) is 7.47. The second kappa shape index (κ2) is 5.86. The van der Waals surface area contributed by atoms with E-state index in [0.717, 1.165) is 0 Å². The van der Waals surface area contributed by atoms with Crippen molar-refractivity contribution in [1.29, 1.82) is 0 Å². The van der Waals surface area contributed by atoms with Gasteiger partial charge in [-0.15, -0.1) is 11.8 Å². The van der Waals surface area contributed by atoms with Crippen molar-refractivity contribution in [3.63, 3.8) is 0 Å². The van der Waals surface area contributed by atoms with Crippen LogP contribution in [0.15, 0.2) is 29.2 Å². The molecule has 0 amide bonds. The van der Waals surface area contributed by atoms with Crippen molar-refractivity contribution < 1.29 is 0 Å². The Hall–Kier alpha value is -0.510. The van der Waals surface area contributed by atoms with Crippen LogP contribution in [0.3, 0.4) is 0 Å². The molecule has 0 spiro atoms. The monoisotopic (exact) mass is 276 g/mol. The van der Waals surface area contributed by atoms with Crippen LogP contribution in [0.5, 0.6) is 0 Å². The van der Waals surface area contributed by atoms with Gasteiger partial charge in [0, 0.05) is 35.7 Å². The van der Waals surface area contributed by atoms with Crippen LogP contribution in [0.1, 0.15) is 31.2 Å². The van der Waals surface area contributed by atoms with Crippen LogP contribution >= 0.6 is 11.8 Å². The zero-order valence-electron chi connectivity index (χ0n) is 11.7. The summed E-state index contributed by atoms with van der Waals surface area (Å²) in [5.41, 5.74) is 7.77. The molecule has 3 rings (SSSR count). The second-order valence-corrected chi connectivity index (χ2v) is 6.99. The molecule has 0 saturated carbocycles. The van der Waals surface area contributed by atoms with E-state index in [1.165, 1.54) is 43.1 Å². The Morgan fingerprint density at radius 1 is 1.37 bits per heavy atom. The molecular weight excluding hydrogens is 252 g/mol. The first-order chi connectivity index (χ1) is 9.28. The van der Waals surface area contributed by atoms with Gasteiger partial charge in [-0.25, -0.2) is 0 Å². The van der Waals surface area contributed by atoms with Crippen molar-refractivity contribution in [3.8, 4) is 0 Å². The Morgan fingerprint density at radius 3 is 3.05 bits per heavy atom. The van der Waals surface area contributed by atoms with Crippen molar-refractivity contribution in [2.24, 2.45) is 11.7 Å². The number of rotatable bonds is 3. The highest BCUT2D eigenvalue weighted by molar-refractivity contribution is 7.99. The second-order valence-electron chi connectivity index (χ2n) is 5.93. The van der Waals surface area contributed by atoms with Crippen molar-refractivity contribution in [3.05, 3.63) is 29.8 Å². The predicted molar refractivity (Wildman–Crippen MR) is 82.7 cm³/mol. The lowest BCUT2D eigenvalue weighted by Gasteiger charge is -2.37. The third-order valence-electron chi connectivity index (χ3n) is 4.68. The molecule has 0 radical (unpaired) electrons. The fourth-order valence-electron chi connectivity index (χ4n) is 3.42. The normalized spacial score (nSPS) is 31.4. The molecule has 3 heteroatoms. The molecule has 2 heterocycles. The number of nitrogens with two attached hydrogens (primary N) is 1. The number of likely N-dealkylation sites (tertiary alicyclic amines) is 1. The number of thioether (sulfide) groups is 1. The summed E-state index contributed by atoms with van der Waals surface area (Å²) in [6, 6.07) is 9.33. The minimum Gasteiger partial charge on any atom is -0.327 e. The number of piperidine rings is 1. The number of nitrogens with zero attached hydrogens (tertiary/aromatic N) is 1. The largest absolute Gasteiger partial charge is 0.327 e. The molecule has 0 bridgehead atoms. The lowest BCUT2D eigenvalue weighted by Crippen LogP contribution is -2.47. The molecule has 3 atom stereocenters. The quantitative estimate of drug-likeness (QED) is 0.920. The minimum atomic E-state index is 0.423. The molecule has 2 aliphatic heterocycles.